The fourth-order valence-electron chi connectivity index (χ4n) is 2.40. The molecule has 8 nitrogen and oxygen atoms in total. The Bertz CT molecular complexity index is 954. The standard InChI is InChI=1S/C18H17FN6O2/c19-12-4-6-13(7-5-12)23-18(27)24-14-3-1-2-11(8-14)9-21-15-10-22-25-16(15)17(20)26/h1-8,10,21H,9H2,(H2,20,26)(H,22,25)(H2,23,24,27). The van der Waals surface area contributed by atoms with E-state index in [1.807, 2.05) is 6.07 Å². The maximum absolute atomic E-state index is 12.9. The van der Waals surface area contributed by atoms with Crippen LogP contribution in [0, 0.1) is 5.82 Å². The number of H-pyrrole nitrogens is 1. The third kappa shape index (κ3) is 4.82. The highest BCUT2D eigenvalue weighted by Crippen LogP contribution is 2.16. The molecule has 0 saturated heterocycles. The molecule has 0 fully saturated rings. The summed E-state index contributed by atoms with van der Waals surface area (Å²) < 4.78 is 12.9. The van der Waals surface area contributed by atoms with Crippen LogP contribution in [-0.2, 0) is 6.54 Å². The Hall–Kier alpha value is -3.88. The maximum Gasteiger partial charge on any atom is 0.323 e. The number of aromatic amines is 1. The van der Waals surface area contributed by atoms with Gasteiger partial charge in [0.2, 0.25) is 0 Å². The van der Waals surface area contributed by atoms with Crippen LogP contribution in [0.1, 0.15) is 16.1 Å². The number of primary amides is 1. The number of halogens is 1. The fourth-order valence-corrected chi connectivity index (χ4v) is 2.40. The number of nitrogens with one attached hydrogen (secondary N) is 4. The fraction of sp³-hybridized carbons (Fsp3) is 0.0556. The molecule has 0 aliphatic rings. The van der Waals surface area contributed by atoms with Crippen LogP contribution in [-0.4, -0.2) is 22.1 Å². The Kier molecular flexibility index (Phi) is 5.31. The number of nitrogens with zero attached hydrogens (tertiary/aromatic N) is 1. The van der Waals surface area contributed by atoms with Crippen molar-refractivity contribution in [2.45, 2.75) is 6.54 Å². The second-order valence-electron chi connectivity index (χ2n) is 5.65. The molecule has 2 aromatic carbocycles. The first-order chi connectivity index (χ1) is 13.0. The molecule has 1 heterocycles. The van der Waals surface area contributed by atoms with Crippen molar-refractivity contribution in [3.05, 3.63) is 71.8 Å². The SMILES string of the molecule is NC(=O)c1n[nH]cc1NCc1cccc(NC(=O)Nc2ccc(F)cc2)c1. The lowest BCUT2D eigenvalue weighted by atomic mass is 10.2. The molecule has 3 amide bonds. The number of amides is 3. The molecule has 27 heavy (non-hydrogen) atoms. The molecule has 1 aromatic heterocycles. The van der Waals surface area contributed by atoms with Gasteiger partial charge in [0.15, 0.2) is 5.69 Å². The van der Waals surface area contributed by atoms with Crippen molar-refractivity contribution in [1.29, 1.82) is 0 Å². The van der Waals surface area contributed by atoms with E-state index in [4.69, 9.17) is 5.73 Å². The zero-order valence-corrected chi connectivity index (χ0v) is 14.1. The van der Waals surface area contributed by atoms with Gasteiger partial charge in [0.1, 0.15) is 5.82 Å². The number of benzene rings is 2. The van der Waals surface area contributed by atoms with Crippen LogP contribution in [0.4, 0.5) is 26.2 Å². The third-order valence-corrected chi connectivity index (χ3v) is 3.64. The number of carbonyl (C=O) groups excluding carboxylic acids is 2. The van der Waals surface area contributed by atoms with Gasteiger partial charge >= 0.3 is 6.03 Å². The van der Waals surface area contributed by atoms with Crippen molar-refractivity contribution in [1.82, 2.24) is 10.2 Å². The van der Waals surface area contributed by atoms with Gasteiger partial charge in [-0.25, -0.2) is 9.18 Å². The highest BCUT2D eigenvalue weighted by Gasteiger charge is 2.11. The average Bonchev–Trinajstić information content (AvgIpc) is 3.11. The van der Waals surface area contributed by atoms with Crippen LogP contribution in [0.5, 0.6) is 0 Å². The van der Waals surface area contributed by atoms with Crippen molar-refractivity contribution < 1.29 is 14.0 Å². The molecule has 0 atom stereocenters. The van der Waals surface area contributed by atoms with Crippen LogP contribution in [0.2, 0.25) is 0 Å². The van der Waals surface area contributed by atoms with Gasteiger partial charge < -0.3 is 21.7 Å². The van der Waals surface area contributed by atoms with Crippen LogP contribution >= 0.6 is 0 Å². The van der Waals surface area contributed by atoms with Crippen LogP contribution in [0.15, 0.2) is 54.7 Å². The molecule has 0 spiro atoms. The van der Waals surface area contributed by atoms with E-state index < -0.39 is 11.9 Å². The quantitative estimate of drug-likeness (QED) is 0.459. The summed E-state index contributed by atoms with van der Waals surface area (Å²) in [5.74, 6) is -1.01. The zero-order valence-electron chi connectivity index (χ0n) is 14.1. The summed E-state index contributed by atoms with van der Waals surface area (Å²) in [4.78, 5) is 23.3. The molecule has 9 heteroatoms. The van der Waals surface area contributed by atoms with E-state index in [1.54, 1.807) is 24.4 Å². The minimum Gasteiger partial charge on any atom is -0.378 e. The Morgan fingerprint density at radius 2 is 1.81 bits per heavy atom. The number of aromatic nitrogens is 2. The summed E-state index contributed by atoms with van der Waals surface area (Å²) in [6.07, 6.45) is 1.54. The number of nitrogens with two attached hydrogens (primary N) is 1. The van der Waals surface area contributed by atoms with Crippen LogP contribution in [0.3, 0.4) is 0 Å². The van der Waals surface area contributed by atoms with Crippen molar-refractivity contribution in [3.63, 3.8) is 0 Å². The molecule has 138 valence electrons. The smallest absolute Gasteiger partial charge is 0.323 e. The molecular weight excluding hydrogens is 351 g/mol. The highest BCUT2D eigenvalue weighted by atomic mass is 19.1. The predicted molar refractivity (Wildman–Crippen MR) is 99.9 cm³/mol. The number of hydrogen-bond donors (Lipinski definition) is 5. The largest absolute Gasteiger partial charge is 0.378 e. The molecule has 0 saturated carbocycles. The van der Waals surface area contributed by atoms with E-state index >= 15 is 0 Å². The summed E-state index contributed by atoms with van der Waals surface area (Å²) in [6, 6.07) is 12.2. The lowest BCUT2D eigenvalue weighted by molar-refractivity contribution is 0.0996. The van der Waals surface area contributed by atoms with Gasteiger partial charge in [0.25, 0.3) is 5.91 Å². The second-order valence-corrected chi connectivity index (χ2v) is 5.65. The van der Waals surface area contributed by atoms with Gasteiger partial charge in [-0.2, -0.15) is 5.10 Å². The van der Waals surface area contributed by atoms with Gasteiger partial charge in [0, 0.05) is 24.1 Å². The second kappa shape index (κ2) is 8.00. The van der Waals surface area contributed by atoms with E-state index in [0.717, 1.165) is 5.56 Å². The summed E-state index contributed by atoms with van der Waals surface area (Å²) in [6.45, 7) is 0.398. The Morgan fingerprint density at radius 1 is 1.07 bits per heavy atom. The van der Waals surface area contributed by atoms with Gasteiger partial charge in [-0.05, 0) is 42.0 Å². The number of anilines is 3. The topological polar surface area (TPSA) is 125 Å². The first-order valence-electron chi connectivity index (χ1n) is 8.01. The average molecular weight is 368 g/mol. The Morgan fingerprint density at radius 3 is 2.56 bits per heavy atom. The maximum atomic E-state index is 12.9. The highest BCUT2D eigenvalue weighted by molar-refractivity contribution is 5.99. The minimum absolute atomic E-state index is 0.128. The number of hydrogen-bond acceptors (Lipinski definition) is 4. The summed E-state index contributed by atoms with van der Waals surface area (Å²) >= 11 is 0. The predicted octanol–water partition coefficient (Wildman–Crippen LogP) is 2.90. The number of carbonyl (C=O) groups is 2. The first kappa shape index (κ1) is 17.9. The molecular formula is C18H17FN6O2. The first-order valence-corrected chi connectivity index (χ1v) is 8.01. The Balaban J connectivity index is 1.59. The van der Waals surface area contributed by atoms with Crippen molar-refractivity contribution in [2.75, 3.05) is 16.0 Å². The molecule has 0 radical (unpaired) electrons. The molecule has 6 N–H and O–H groups in total. The lowest BCUT2D eigenvalue weighted by Crippen LogP contribution is -2.19. The minimum atomic E-state index is -0.633. The van der Waals surface area contributed by atoms with Crippen molar-refractivity contribution in [3.8, 4) is 0 Å². The van der Waals surface area contributed by atoms with Gasteiger partial charge in [0.05, 0.1) is 5.69 Å². The van der Waals surface area contributed by atoms with E-state index in [1.165, 1.54) is 24.3 Å². The molecule has 3 aromatic rings. The van der Waals surface area contributed by atoms with E-state index in [2.05, 4.69) is 26.1 Å². The van der Waals surface area contributed by atoms with Gasteiger partial charge in [-0.3, -0.25) is 9.89 Å². The van der Waals surface area contributed by atoms with E-state index in [-0.39, 0.29) is 11.5 Å². The molecule has 3 rings (SSSR count). The van der Waals surface area contributed by atoms with Crippen molar-refractivity contribution in [2.24, 2.45) is 5.73 Å². The molecule has 0 bridgehead atoms. The molecule has 0 aliphatic carbocycles. The van der Waals surface area contributed by atoms with Crippen LogP contribution in [0.25, 0.3) is 0 Å². The monoisotopic (exact) mass is 368 g/mol. The normalized spacial score (nSPS) is 10.3. The molecule has 0 unspecified atom stereocenters. The summed E-state index contributed by atoms with van der Waals surface area (Å²) in [5.41, 5.74) is 7.79. The van der Waals surface area contributed by atoms with Crippen molar-refractivity contribution >= 4 is 29.0 Å². The van der Waals surface area contributed by atoms with E-state index in [0.29, 0.717) is 23.6 Å². The number of urea groups is 1. The number of rotatable bonds is 6. The summed E-state index contributed by atoms with van der Waals surface area (Å²) in [5, 5.41) is 14.7. The summed E-state index contributed by atoms with van der Waals surface area (Å²) in [7, 11) is 0. The zero-order chi connectivity index (χ0) is 19.2. The third-order valence-electron chi connectivity index (χ3n) is 3.64. The lowest BCUT2D eigenvalue weighted by Gasteiger charge is -2.10. The Labute approximate surface area is 154 Å². The van der Waals surface area contributed by atoms with Gasteiger partial charge in [-0.15, -0.1) is 0 Å². The molecule has 0 aliphatic heterocycles. The van der Waals surface area contributed by atoms with E-state index in [9.17, 15) is 14.0 Å². The van der Waals surface area contributed by atoms with Gasteiger partial charge in [-0.1, -0.05) is 12.1 Å². The van der Waals surface area contributed by atoms with Crippen LogP contribution < -0.4 is 21.7 Å².